The van der Waals surface area contributed by atoms with E-state index in [9.17, 15) is 0 Å². The maximum Gasteiger partial charge on any atom is 0.233 e. The summed E-state index contributed by atoms with van der Waals surface area (Å²) >= 11 is 0. The van der Waals surface area contributed by atoms with Crippen LogP contribution in [0.25, 0.3) is 55.2 Å². The van der Waals surface area contributed by atoms with E-state index < -0.39 is 0 Å². The van der Waals surface area contributed by atoms with E-state index in [1.165, 1.54) is 0 Å². The van der Waals surface area contributed by atoms with E-state index in [1.54, 1.807) is 12.1 Å². The monoisotopic (exact) mass is 934 g/mol. The fraction of sp³-hybridized carbons (Fsp3) is 0. The SMILES string of the molecule is C(=Cc1ccc(Nc2nc(Oc3cccc4ccccc34)cc(Oc3cccc4ccccc34)n2)cc1)c1ccc(Nc2nc(Oc3cccc4ccccc34)cc(Oc3cccc4ccccc34)n2)cc1. The third-order valence-corrected chi connectivity index (χ3v) is 12.0. The molecule has 10 aromatic carbocycles. The normalized spacial score (nSPS) is 11.3. The fourth-order valence-corrected chi connectivity index (χ4v) is 8.52. The number of hydrogen-bond donors (Lipinski definition) is 2. The van der Waals surface area contributed by atoms with Crippen LogP contribution >= 0.6 is 0 Å². The first-order valence-electron chi connectivity index (χ1n) is 23.4. The molecule has 2 N–H and O–H groups in total. The number of nitrogens with zero attached hydrogens (tertiary/aromatic N) is 4. The van der Waals surface area contributed by atoms with Crippen molar-refractivity contribution in [3.05, 3.63) is 242 Å². The highest BCUT2D eigenvalue weighted by Gasteiger charge is 2.15. The predicted molar refractivity (Wildman–Crippen MR) is 289 cm³/mol. The van der Waals surface area contributed by atoms with Gasteiger partial charge in [-0.1, -0.05) is 182 Å². The molecule has 12 rings (SSSR count). The van der Waals surface area contributed by atoms with Gasteiger partial charge in [-0.3, -0.25) is 0 Å². The number of ether oxygens (including phenoxy) is 4. The second-order valence-corrected chi connectivity index (χ2v) is 16.9. The molecule has 0 bridgehead atoms. The zero-order valence-electron chi connectivity index (χ0n) is 38.5. The lowest BCUT2D eigenvalue weighted by Gasteiger charge is -2.13. The Morgan fingerprint density at radius 1 is 0.278 bits per heavy atom. The highest BCUT2D eigenvalue weighted by atomic mass is 16.5. The van der Waals surface area contributed by atoms with Gasteiger partial charge in [-0.05, 0) is 81.2 Å². The highest BCUT2D eigenvalue weighted by molar-refractivity contribution is 5.91. The van der Waals surface area contributed by atoms with E-state index >= 15 is 0 Å². The number of fused-ring (bicyclic) bond motifs is 4. The number of nitrogens with one attached hydrogen (secondary N) is 2. The number of rotatable bonds is 14. The molecule has 12 aromatic rings. The summed E-state index contributed by atoms with van der Waals surface area (Å²) in [5.41, 5.74) is 3.60. The lowest BCUT2D eigenvalue weighted by molar-refractivity contribution is 0.439. The van der Waals surface area contributed by atoms with Crippen LogP contribution < -0.4 is 29.6 Å². The largest absolute Gasteiger partial charge is 0.438 e. The molecular weight excluding hydrogens is 893 g/mol. The quantitative estimate of drug-likeness (QED) is 0.102. The van der Waals surface area contributed by atoms with Crippen molar-refractivity contribution >= 4 is 78.5 Å². The second kappa shape index (κ2) is 19.5. The van der Waals surface area contributed by atoms with Crippen molar-refractivity contribution in [1.29, 1.82) is 0 Å². The van der Waals surface area contributed by atoms with E-state index in [1.807, 2.05) is 170 Å². The van der Waals surface area contributed by atoms with Crippen molar-refractivity contribution in [3.63, 3.8) is 0 Å². The highest BCUT2D eigenvalue weighted by Crippen LogP contribution is 2.37. The summed E-state index contributed by atoms with van der Waals surface area (Å²) in [6, 6.07) is 75.6. The minimum absolute atomic E-state index is 0.322. The summed E-state index contributed by atoms with van der Waals surface area (Å²) in [5.74, 6) is 4.69. The van der Waals surface area contributed by atoms with Crippen LogP contribution in [0.15, 0.2) is 231 Å². The zero-order valence-corrected chi connectivity index (χ0v) is 38.5. The standard InChI is InChI=1S/C62H42N6O4/c1-5-21-49-43(13-1)17-9-25-53(49)69-57-39-58(70-54-26-10-18-44-14-2-6-22-50(44)54)66-61(65-57)63-47-35-31-41(32-36-47)29-30-42-33-37-48(38-34-42)64-62-67-59(71-55-27-11-19-45-15-3-7-23-51(45)55)40-60(68-62)72-56-28-12-20-46-16-4-8-24-52(46)56/h1-40H,(H,63,65,66)(H,64,67,68). The number of anilines is 4. The molecule has 0 aliphatic heterocycles. The first kappa shape index (κ1) is 43.2. The lowest BCUT2D eigenvalue weighted by Crippen LogP contribution is -2.01. The molecule has 344 valence electrons. The van der Waals surface area contributed by atoms with E-state index in [4.69, 9.17) is 38.9 Å². The maximum absolute atomic E-state index is 6.44. The third kappa shape index (κ3) is 9.64. The average molecular weight is 935 g/mol. The molecule has 10 nitrogen and oxygen atoms in total. The van der Waals surface area contributed by atoms with Crippen LogP contribution in [0.5, 0.6) is 46.5 Å². The molecule has 0 fully saturated rings. The van der Waals surface area contributed by atoms with Crippen LogP contribution in [0.1, 0.15) is 11.1 Å². The van der Waals surface area contributed by atoms with Gasteiger partial charge in [0.05, 0.1) is 12.1 Å². The minimum Gasteiger partial charge on any atom is -0.438 e. The lowest BCUT2D eigenvalue weighted by atomic mass is 10.1. The second-order valence-electron chi connectivity index (χ2n) is 16.9. The molecule has 2 aromatic heterocycles. The Labute approximate surface area is 414 Å². The van der Waals surface area contributed by atoms with Crippen LogP contribution in [-0.4, -0.2) is 19.9 Å². The van der Waals surface area contributed by atoms with Gasteiger partial charge < -0.3 is 29.6 Å². The van der Waals surface area contributed by atoms with Gasteiger partial charge in [0.15, 0.2) is 0 Å². The van der Waals surface area contributed by atoms with E-state index in [0.29, 0.717) is 58.4 Å². The number of benzene rings is 10. The van der Waals surface area contributed by atoms with Crippen LogP contribution in [0.3, 0.4) is 0 Å². The fourth-order valence-electron chi connectivity index (χ4n) is 8.52. The summed E-state index contributed by atoms with van der Waals surface area (Å²) in [7, 11) is 0. The molecule has 0 radical (unpaired) electrons. The first-order valence-corrected chi connectivity index (χ1v) is 23.4. The van der Waals surface area contributed by atoms with Gasteiger partial charge >= 0.3 is 0 Å². The smallest absolute Gasteiger partial charge is 0.233 e. The Hall–Kier alpha value is -10.1. The van der Waals surface area contributed by atoms with Gasteiger partial charge in [0.25, 0.3) is 0 Å². The molecule has 0 atom stereocenters. The van der Waals surface area contributed by atoms with Crippen molar-refractivity contribution in [2.24, 2.45) is 0 Å². The topological polar surface area (TPSA) is 113 Å². The minimum atomic E-state index is 0.322. The number of hydrogen-bond acceptors (Lipinski definition) is 10. The summed E-state index contributed by atoms with van der Waals surface area (Å²) in [6.45, 7) is 0. The van der Waals surface area contributed by atoms with Crippen molar-refractivity contribution in [2.45, 2.75) is 0 Å². The van der Waals surface area contributed by atoms with Crippen molar-refractivity contribution < 1.29 is 18.9 Å². The van der Waals surface area contributed by atoms with Gasteiger partial charge in [-0.25, -0.2) is 0 Å². The Morgan fingerprint density at radius 2 is 0.542 bits per heavy atom. The third-order valence-electron chi connectivity index (χ3n) is 12.0. The average Bonchev–Trinajstić information content (AvgIpc) is 3.41. The van der Waals surface area contributed by atoms with Crippen LogP contribution in [0, 0.1) is 0 Å². The summed E-state index contributed by atoms with van der Waals surface area (Å²) in [4.78, 5) is 19.1. The first-order chi connectivity index (χ1) is 35.6. The van der Waals surface area contributed by atoms with E-state index in [2.05, 4.69) is 71.3 Å². The van der Waals surface area contributed by atoms with Gasteiger partial charge in [0.2, 0.25) is 35.4 Å². The molecule has 0 aliphatic rings. The summed E-state index contributed by atoms with van der Waals surface area (Å²) in [5, 5.41) is 14.9. The summed E-state index contributed by atoms with van der Waals surface area (Å²) in [6.07, 6.45) is 4.12. The molecular formula is C62H42N6O4. The molecule has 0 saturated heterocycles. The molecule has 2 heterocycles. The van der Waals surface area contributed by atoms with Crippen molar-refractivity contribution in [3.8, 4) is 46.5 Å². The number of aromatic nitrogens is 4. The predicted octanol–water partition coefficient (Wildman–Crippen LogP) is 16.7. The Bertz CT molecular complexity index is 3480. The van der Waals surface area contributed by atoms with Gasteiger partial charge in [0, 0.05) is 32.9 Å². The van der Waals surface area contributed by atoms with Crippen LogP contribution in [-0.2, 0) is 0 Å². The van der Waals surface area contributed by atoms with Gasteiger partial charge in [0.1, 0.15) is 23.0 Å². The van der Waals surface area contributed by atoms with E-state index in [-0.39, 0.29) is 0 Å². The van der Waals surface area contributed by atoms with Crippen molar-refractivity contribution in [2.75, 3.05) is 10.6 Å². The molecule has 0 aliphatic carbocycles. The van der Waals surface area contributed by atoms with Gasteiger partial charge in [-0.2, -0.15) is 19.9 Å². The Kier molecular flexibility index (Phi) is 11.7. The van der Waals surface area contributed by atoms with Gasteiger partial charge in [-0.15, -0.1) is 0 Å². The maximum atomic E-state index is 6.44. The Morgan fingerprint density at radius 3 is 0.833 bits per heavy atom. The molecule has 72 heavy (non-hydrogen) atoms. The molecule has 0 amide bonds. The van der Waals surface area contributed by atoms with E-state index in [0.717, 1.165) is 65.6 Å². The Balaban J connectivity index is 0.760. The van der Waals surface area contributed by atoms with Crippen LogP contribution in [0.2, 0.25) is 0 Å². The molecule has 0 saturated carbocycles. The molecule has 0 unspecified atom stereocenters. The van der Waals surface area contributed by atoms with Crippen LogP contribution in [0.4, 0.5) is 23.3 Å². The van der Waals surface area contributed by atoms with Crippen molar-refractivity contribution in [1.82, 2.24) is 19.9 Å². The molecule has 10 heteroatoms. The molecule has 0 spiro atoms. The summed E-state index contributed by atoms with van der Waals surface area (Å²) < 4.78 is 25.8. The zero-order chi connectivity index (χ0) is 48.1.